The Balaban J connectivity index is -0.0000000105. The first-order valence-corrected chi connectivity index (χ1v) is 1.34. The van der Waals surface area contributed by atoms with Crippen LogP contribution in [0.15, 0.2) is 4.99 Å². The molecule has 0 unspecified atom stereocenters. The largest absolute Gasteiger partial charge is 0.333 e. The molecule has 2 N–H and O–H groups in total. The third kappa shape index (κ3) is 542. The Kier molecular flexibility index (Phi) is 1320. The van der Waals surface area contributed by atoms with Gasteiger partial charge in [0.2, 0.25) is 0 Å². The van der Waals surface area contributed by atoms with Gasteiger partial charge in [-0.2, -0.15) is 0 Å². The molecule has 7 heavy (non-hydrogen) atoms. The Morgan fingerprint density at radius 2 is 1.29 bits per heavy atom. The number of aliphatic imine (C=N–C) groups is 1. The van der Waals surface area contributed by atoms with Crippen molar-refractivity contribution in [1.82, 2.24) is 0 Å². The maximum Gasteiger partial charge on any atom is 0.0269 e. The standard InChI is InChI=1S/C2H5N.CH5N.2CH4/c1-3-2;1-2;;/h1H2,2H3;2H2,1H3;2*1H4. The van der Waals surface area contributed by atoms with Gasteiger partial charge in [0.15, 0.2) is 0 Å². The molecule has 0 aromatic carbocycles. The second-order valence-electron chi connectivity index (χ2n) is 0.316. The van der Waals surface area contributed by atoms with E-state index in [1.807, 2.05) is 0 Å². The van der Waals surface area contributed by atoms with E-state index in [2.05, 4.69) is 17.4 Å². The lowest BCUT2D eigenvalue weighted by atomic mass is 11.4. The highest BCUT2D eigenvalue weighted by Gasteiger charge is 1.09. The van der Waals surface area contributed by atoms with Crippen molar-refractivity contribution >= 4 is 6.72 Å². The van der Waals surface area contributed by atoms with Crippen molar-refractivity contribution in [2.45, 2.75) is 14.9 Å². The van der Waals surface area contributed by atoms with E-state index in [0.29, 0.717) is 0 Å². The van der Waals surface area contributed by atoms with Crippen molar-refractivity contribution in [1.29, 1.82) is 0 Å². The summed E-state index contributed by atoms with van der Waals surface area (Å²) in [7, 11) is 3.14. The second-order valence-corrected chi connectivity index (χ2v) is 0.316. The van der Waals surface area contributed by atoms with E-state index in [9.17, 15) is 0 Å². The highest BCUT2D eigenvalue weighted by Crippen LogP contribution is 1.22. The first-order valence-electron chi connectivity index (χ1n) is 1.34. The zero-order valence-electron chi connectivity index (χ0n) is 3.73. The number of rotatable bonds is 0. The molecule has 2 heteroatoms. The summed E-state index contributed by atoms with van der Waals surface area (Å²) in [6.45, 7) is 3.11. The summed E-state index contributed by atoms with van der Waals surface area (Å²) in [5.74, 6) is 0. The Bertz CT molecular complexity index is 13.6. The summed E-state index contributed by atoms with van der Waals surface area (Å²) in [5.41, 5.74) is 4.50. The molecule has 0 amide bonds. The Morgan fingerprint density at radius 1 is 1.29 bits per heavy atom. The first-order chi connectivity index (χ1) is 2.41. The minimum absolute atomic E-state index is 0. The lowest BCUT2D eigenvalue weighted by Gasteiger charge is -1.38. The third-order valence-corrected chi connectivity index (χ3v) is 0. The minimum Gasteiger partial charge on any atom is -0.333 e. The quantitative estimate of drug-likeness (QED) is 0.462. The zero-order chi connectivity index (χ0) is 4.71. The summed E-state index contributed by atoms with van der Waals surface area (Å²) in [5, 5.41) is 0. The monoisotopic (exact) mass is 106 g/mol. The second kappa shape index (κ2) is 304. The first kappa shape index (κ1) is 30.4. The molecule has 48 valence electrons. The molecule has 0 heterocycles. The van der Waals surface area contributed by atoms with Crippen molar-refractivity contribution in [2.24, 2.45) is 10.7 Å². The third-order valence-electron chi connectivity index (χ3n) is 0. The van der Waals surface area contributed by atoms with Crippen LogP contribution in [0.4, 0.5) is 0 Å². The molecule has 0 saturated heterocycles. The van der Waals surface area contributed by atoms with Gasteiger partial charge in [-0.25, -0.2) is 0 Å². The predicted octanol–water partition coefficient (Wildman–Crippen LogP) is 1.16. The van der Waals surface area contributed by atoms with Crippen LogP contribution in [0.1, 0.15) is 14.9 Å². The zero-order valence-corrected chi connectivity index (χ0v) is 3.73. The molecule has 0 radical (unpaired) electrons. The van der Waals surface area contributed by atoms with Crippen LogP contribution in [0, 0.1) is 0 Å². The van der Waals surface area contributed by atoms with Gasteiger partial charge in [-0.3, -0.25) is 0 Å². The van der Waals surface area contributed by atoms with Crippen molar-refractivity contribution in [3.63, 3.8) is 0 Å². The van der Waals surface area contributed by atoms with Crippen molar-refractivity contribution in [2.75, 3.05) is 14.1 Å². The highest BCUT2D eigenvalue weighted by molar-refractivity contribution is 5.22. The van der Waals surface area contributed by atoms with Crippen LogP contribution in [0.5, 0.6) is 0 Å². The van der Waals surface area contributed by atoms with Gasteiger partial charge in [0.05, 0.1) is 0 Å². The Morgan fingerprint density at radius 3 is 1.29 bits per heavy atom. The van der Waals surface area contributed by atoms with Crippen LogP contribution in [-0.2, 0) is 0 Å². The molecule has 0 aromatic rings. The molecule has 0 atom stereocenters. The summed E-state index contributed by atoms with van der Waals surface area (Å²) in [6.07, 6.45) is 0. The highest BCUT2D eigenvalue weighted by atomic mass is 14.6. The Hall–Kier alpha value is -0.370. The van der Waals surface area contributed by atoms with Gasteiger partial charge in [0.1, 0.15) is 0 Å². The summed E-state index contributed by atoms with van der Waals surface area (Å²) in [6, 6.07) is 0. The SMILES string of the molecule is C.C.C=NC.CN. The fraction of sp³-hybridized carbons (Fsp3) is 0.800. The number of hydrogen-bond acceptors (Lipinski definition) is 2. The molecule has 0 fully saturated rings. The molecular weight excluding hydrogens is 88.1 g/mol. The number of nitrogens with zero attached hydrogens (tertiary/aromatic N) is 1. The van der Waals surface area contributed by atoms with E-state index < -0.39 is 0 Å². The number of hydrogen-bond donors (Lipinski definition) is 1. The minimum atomic E-state index is 0. The fourth-order valence-electron chi connectivity index (χ4n) is 0. The van der Waals surface area contributed by atoms with Gasteiger partial charge in [0.25, 0.3) is 0 Å². The topological polar surface area (TPSA) is 38.4 Å². The van der Waals surface area contributed by atoms with Gasteiger partial charge in [0, 0.05) is 7.05 Å². The Labute approximate surface area is 47.5 Å². The van der Waals surface area contributed by atoms with Crippen molar-refractivity contribution in [3.05, 3.63) is 0 Å². The molecule has 2 nitrogen and oxygen atoms in total. The van der Waals surface area contributed by atoms with Crippen LogP contribution in [0.2, 0.25) is 0 Å². The van der Waals surface area contributed by atoms with E-state index in [-0.39, 0.29) is 14.9 Å². The summed E-state index contributed by atoms with van der Waals surface area (Å²) < 4.78 is 0. The molecule has 0 saturated carbocycles. The van der Waals surface area contributed by atoms with Crippen molar-refractivity contribution < 1.29 is 0 Å². The molecule has 0 spiro atoms. The van der Waals surface area contributed by atoms with Gasteiger partial charge in [-0.1, -0.05) is 14.9 Å². The van der Waals surface area contributed by atoms with Crippen LogP contribution in [-0.4, -0.2) is 20.8 Å². The molecular formula is C5H18N2. The summed E-state index contributed by atoms with van der Waals surface area (Å²) in [4.78, 5) is 3.25. The van der Waals surface area contributed by atoms with Gasteiger partial charge in [-0.05, 0) is 13.8 Å². The maximum absolute atomic E-state index is 4.50. The molecule has 0 rings (SSSR count). The lowest BCUT2D eigenvalue weighted by Crippen LogP contribution is -1.69. The number of nitrogens with two attached hydrogens (primary N) is 1. The van der Waals surface area contributed by atoms with E-state index in [1.165, 1.54) is 7.05 Å². The predicted molar refractivity (Wildman–Crippen MR) is 39.0 cm³/mol. The average molecular weight is 106 g/mol. The van der Waals surface area contributed by atoms with Crippen LogP contribution in [0.25, 0.3) is 0 Å². The average Bonchev–Trinajstić information content (AvgIpc) is 1.46. The fourth-order valence-corrected chi connectivity index (χ4v) is 0. The maximum atomic E-state index is 4.50. The molecule has 0 bridgehead atoms. The summed E-state index contributed by atoms with van der Waals surface area (Å²) >= 11 is 0. The smallest absolute Gasteiger partial charge is 0.0269 e. The van der Waals surface area contributed by atoms with Crippen molar-refractivity contribution in [3.8, 4) is 0 Å². The van der Waals surface area contributed by atoms with Gasteiger partial charge < -0.3 is 10.7 Å². The van der Waals surface area contributed by atoms with Gasteiger partial charge in [-0.15, -0.1) is 0 Å². The lowest BCUT2D eigenvalue weighted by molar-refractivity contribution is 1.48. The van der Waals surface area contributed by atoms with Crippen LogP contribution < -0.4 is 5.73 Å². The van der Waals surface area contributed by atoms with Crippen LogP contribution in [0.3, 0.4) is 0 Å². The molecule has 0 aliphatic carbocycles. The molecule has 0 aliphatic heterocycles. The van der Waals surface area contributed by atoms with Crippen LogP contribution >= 0.6 is 0 Å². The van der Waals surface area contributed by atoms with Gasteiger partial charge >= 0.3 is 0 Å². The van der Waals surface area contributed by atoms with E-state index >= 15 is 0 Å². The van der Waals surface area contributed by atoms with E-state index in [0.717, 1.165) is 0 Å². The molecule has 0 aromatic heterocycles. The van der Waals surface area contributed by atoms with E-state index in [1.54, 1.807) is 7.05 Å². The van der Waals surface area contributed by atoms with E-state index in [4.69, 9.17) is 0 Å². The normalized spacial score (nSPS) is 2.71. The molecule has 0 aliphatic rings.